The van der Waals surface area contributed by atoms with Gasteiger partial charge in [-0.15, -0.1) is 0 Å². The molecular weight excluding hydrogens is 278 g/mol. The van der Waals surface area contributed by atoms with Gasteiger partial charge in [-0.2, -0.15) is 0 Å². The molecule has 0 bridgehead atoms. The second kappa shape index (κ2) is 6.34. The number of aromatic nitrogens is 2. The number of rotatable bonds is 3. The zero-order valence-corrected chi connectivity index (χ0v) is 12.0. The fourth-order valence-corrected chi connectivity index (χ4v) is 3.08. The smallest absolute Gasteiger partial charge is 0.146 e. The standard InChI is InChI=1S/C13H20BrN3/c1-2-4-11-5-3-7-17(8-6-11)13-12(14)9-15-10-16-13/h9-11H,2-8H2,1H3. The minimum Gasteiger partial charge on any atom is -0.356 e. The first-order valence-corrected chi connectivity index (χ1v) is 7.31. The van der Waals surface area contributed by atoms with Gasteiger partial charge in [0, 0.05) is 19.3 Å². The van der Waals surface area contributed by atoms with Gasteiger partial charge in [0.2, 0.25) is 0 Å². The number of hydrogen-bond acceptors (Lipinski definition) is 3. The van der Waals surface area contributed by atoms with Crippen molar-refractivity contribution in [2.45, 2.75) is 39.0 Å². The van der Waals surface area contributed by atoms with E-state index >= 15 is 0 Å². The lowest BCUT2D eigenvalue weighted by Crippen LogP contribution is -2.25. The van der Waals surface area contributed by atoms with Crippen LogP contribution in [0.15, 0.2) is 17.0 Å². The van der Waals surface area contributed by atoms with Gasteiger partial charge < -0.3 is 4.90 Å². The van der Waals surface area contributed by atoms with Gasteiger partial charge in [0.05, 0.1) is 4.47 Å². The van der Waals surface area contributed by atoms with E-state index in [4.69, 9.17) is 0 Å². The quantitative estimate of drug-likeness (QED) is 0.853. The molecule has 0 aromatic carbocycles. The van der Waals surface area contributed by atoms with Crippen molar-refractivity contribution in [3.05, 3.63) is 17.0 Å². The number of anilines is 1. The Morgan fingerprint density at radius 3 is 3.06 bits per heavy atom. The average Bonchev–Trinajstić information content (AvgIpc) is 2.56. The lowest BCUT2D eigenvalue weighted by Gasteiger charge is -2.22. The summed E-state index contributed by atoms with van der Waals surface area (Å²) in [7, 11) is 0. The minimum atomic E-state index is 0.908. The lowest BCUT2D eigenvalue weighted by atomic mass is 9.96. The van der Waals surface area contributed by atoms with Gasteiger partial charge in [0.1, 0.15) is 12.1 Å². The SMILES string of the molecule is CCCC1CCCN(c2ncncc2Br)CC1. The van der Waals surface area contributed by atoms with Gasteiger partial charge in [0.15, 0.2) is 0 Å². The molecular formula is C13H20BrN3. The van der Waals surface area contributed by atoms with Crippen LogP contribution in [0.25, 0.3) is 0 Å². The summed E-state index contributed by atoms with van der Waals surface area (Å²) in [5.74, 6) is 1.96. The van der Waals surface area contributed by atoms with E-state index in [1.807, 2.05) is 6.20 Å². The second-order valence-corrected chi connectivity index (χ2v) is 5.62. The molecule has 1 aromatic heterocycles. The van der Waals surface area contributed by atoms with Crippen LogP contribution in [-0.2, 0) is 0 Å². The van der Waals surface area contributed by atoms with E-state index in [0.717, 1.165) is 29.3 Å². The van der Waals surface area contributed by atoms with Crippen LogP contribution in [0.2, 0.25) is 0 Å². The first kappa shape index (κ1) is 12.8. The predicted molar refractivity (Wildman–Crippen MR) is 74.2 cm³/mol. The summed E-state index contributed by atoms with van der Waals surface area (Å²) in [6.07, 6.45) is 10.1. The molecule has 0 radical (unpaired) electrons. The number of halogens is 1. The summed E-state index contributed by atoms with van der Waals surface area (Å²) < 4.78 is 1.01. The molecule has 4 heteroatoms. The van der Waals surface area contributed by atoms with Gasteiger partial charge in [0.25, 0.3) is 0 Å². The maximum atomic E-state index is 4.38. The topological polar surface area (TPSA) is 29.0 Å². The molecule has 1 aliphatic rings. The monoisotopic (exact) mass is 297 g/mol. The Balaban J connectivity index is 2.01. The maximum absolute atomic E-state index is 4.38. The van der Waals surface area contributed by atoms with Crippen molar-refractivity contribution in [1.82, 2.24) is 9.97 Å². The molecule has 2 rings (SSSR count). The van der Waals surface area contributed by atoms with Crippen molar-refractivity contribution >= 4 is 21.7 Å². The van der Waals surface area contributed by atoms with Crippen molar-refractivity contribution in [3.63, 3.8) is 0 Å². The first-order valence-electron chi connectivity index (χ1n) is 6.51. The summed E-state index contributed by atoms with van der Waals surface area (Å²) >= 11 is 3.54. The molecule has 1 fully saturated rings. The molecule has 3 nitrogen and oxygen atoms in total. The molecule has 0 saturated carbocycles. The van der Waals surface area contributed by atoms with E-state index in [0.29, 0.717) is 0 Å². The van der Waals surface area contributed by atoms with Crippen LogP contribution in [-0.4, -0.2) is 23.1 Å². The van der Waals surface area contributed by atoms with Gasteiger partial charge >= 0.3 is 0 Å². The molecule has 0 amide bonds. The zero-order valence-electron chi connectivity index (χ0n) is 10.4. The van der Waals surface area contributed by atoms with E-state index in [2.05, 4.69) is 37.7 Å². The fraction of sp³-hybridized carbons (Fsp3) is 0.692. The summed E-state index contributed by atoms with van der Waals surface area (Å²) in [6, 6.07) is 0. The molecule has 0 spiro atoms. The van der Waals surface area contributed by atoms with Crippen LogP contribution in [0.4, 0.5) is 5.82 Å². The van der Waals surface area contributed by atoms with Crippen LogP contribution >= 0.6 is 15.9 Å². The van der Waals surface area contributed by atoms with E-state index in [1.165, 1.54) is 32.1 Å². The Morgan fingerprint density at radius 1 is 1.41 bits per heavy atom. The minimum absolute atomic E-state index is 0.908. The van der Waals surface area contributed by atoms with Gasteiger partial charge in [-0.05, 0) is 41.1 Å². The van der Waals surface area contributed by atoms with Crippen molar-refractivity contribution in [2.24, 2.45) is 5.92 Å². The van der Waals surface area contributed by atoms with Crippen molar-refractivity contribution < 1.29 is 0 Å². The molecule has 94 valence electrons. The van der Waals surface area contributed by atoms with Crippen LogP contribution in [0.3, 0.4) is 0 Å². The average molecular weight is 298 g/mol. The predicted octanol–water partition coefficient (Wildman–Crippen LogP) is 3.65. The van der Waals surface area contributed by atoms with Gasteiger partial charge in [-0.25, -0.2) is 9.97 Å². The Bertz CT molecular complexity index is 356. The third-order valence-corrected chi connectivity index (χ3v) is 4.05. The molecule has 1 saturated heterocycles. The summed E-state index contributed by atoms with van der Waals surface area (Å²) in [5.41, 5.74) is 0. The van der Waals surface area contributed by atoms with Crippen molar-refractivity contribution in [2.75, 3.05) is 18.0 Å². The number of nitrogens with zero attached hydrogens (tertiary/aromatic N) is 3. The molecule has 1 unspecified atom stereocenters. The van der Waals surface area contributed by atoms with Crippen LogP contribution < -0.4 is 4.90 Å². The molecule has 2 heterocycles. The highest BCUT2D eigenvalue weighted by molar-refractivity contribution is 9.10. The molecule has 1 aliphatic heterocycles. The second-order valence-electron chi connectivity index (χ2n) is 4.77. The highest BCUT2D eigenvalue weighted by Crippen LogP contribution is 2.27. The van der Waals surface area contributed by atoms with Gasteiger partial charge in [-0.3, -0.25) is 0 Å². The largest absolute Gasteiger partial charge is 0.356 e. The van der Waals surface area contributed by atoms with Crippen LogP contribution in [0, 0.1) is 5.92 Å². The van der Waals surface area contributed by atoms with Gasteiger partial charge in [-0.1, -0.05) is 19.8 Å². The molecule has 0 aliphatic carbocycles. The summed E-state index contributed by atoms with van der Waals surface area (Å²) in [4.78, 5) is 10.8. The lowest BCUT2D eigenvalue weighted by molar-refractivity contribution is 0.435. The van der Waals surface area contributed by atoms with E-state index in [1.54, 1.807) is 6.33 Å². The summed E-state index contributed by atoms with van der Waals surface area (Å²) in [5, 5.41) is 0. The Labute approximate surface area is 112 Å². The van der Waals surface area contributed by atoms with E-state index < -0.39 is 0 Å². The van der Waals surface area contributed by atoms with Crippen LogP contribution in [0.5, 0.6) is 0 Å². The Kier molecular flexibility index (Phi) is 4.77. The third kappa shape index (κ3) is 3.41. The molecule has 1 atom stereocenters. The Hall–Kier alpha value is -0.640. The highest BCUT2D eigenvalue weighted by Gasteiger charge is 2.18. The molecule has 0 N–H and O–H groups in total. The maximum Gasteiger partial charge on any atom is 0.146 e. The normalized spacial score (nSPS) is 21.3. The molecule has 17 heavy (non-hydrogen) atoms. The highest BCUT2D eigenvalue weighted by atomic mass is 79.9. The third-order valence-electron chi connectivity index (χ3n) is 3.49. The van der Waals surface area contributed by atoms with E-state index in [-0.39, 0.29) is 0 Å². The Morgan fingerprint density at radius 2 is 2.29 bits per heavy atom. The van der Waals surface area contributed by atoms with E-state index in [9.17, 15) is 0 Å². The first-order chi connectivity index (χ1) is 8.31. The van der Waals surface area contributed by atoms with Crippen molar-refractivity contribution in [3.8, 4) is 0 Å². The van der Waals surface area contributed by atoms with Crippen molar-refractivity contribution in [1.29, 1.82) is 0 Å². The fourth-order valence-electron chi connectivity index (χ4n) is 2.61. The number of hydrogen-bond donors (Lipinski definition) is 0. The van der Waals surface area contributed by atoms with Crippen LogP contribution in [0.1, 0.15) is 39.0 Å². The molecule has 1 aromatic rings. The summed E-state index contributed by atoms with van der Waals surface area (Å²) in [6.45, 7) is 4.53. The zero-order chi connectivity index (χ0) is 12.1.